The van der Waals surface area contributed by atoms with E-state index in [1.165, 1.54) is 11.1 Å². The maximum atomic E-state index is 12.6. The number of imidazole rings is 1. The molecule has 0 aliphatic carbocycles. The Morgan fingerprint density at radius 2 is 2.17 bits per heavy atom. The molecule has 0 unspecified atom stereocenters. The number of carbonyl (C=O) groups is 1. The molecular weight excluding hydrogens is 368 g/mol. The zero-order valence-electron chi connectivity index (χ0n) is 17.7. The van der Waals surface area contributed by atoms with Crippen molar-refractivity contribution >= 4 is 11.8 Å². The van der Waals surface area contributed by atoms with Gasteiger partial charge in [-0.1, -0.05) is 0 Å². The molecule has 0 spiro atoms. The number of carbonyl (C=O) groups excluding carboxylic acids is 1. The van der Waals surface area contributed by atoms with Crippen LogP contribution in [0.2, 0.25) is 0 Å². The van der Waals surface area contributed by atoms with Crippen molar-refractivity contribution in [2.24, 2.45) is 7.05 Å². The van der Waals surface area contributed by atoms with Crippen LogP contribution in [0.25, 0.3) is 11.3 Å². The summed E-state index contributed by atoms with van der Waals surface area (Å²) in [6, 6.07) is 4.69. The van der Waals surface area contributed by atoms with Crippen LogP contribution in [0, 0.1) is 0 Å². The number of hydrogen-bond donors (Lipinski definition) is 1. The number of hydrogen-bond acceptors (Lipinski definition) is 5. The molecule has 1 amide bonds. The van der Waals surface area contributed by atoms with E-state index < -0.39 is 5.60 Å². The highest BCUT2D eigenvalue weighted by Crippen LogP contribution is 2.34. The van der Waals surface area contributed by atoms with E-state index in [1.54, 1.807) is 4.90 Å². The van der Waals surface area contributed by atoms with Crippen molar-refractivity contribution in [1.82, 2.24) is 14.5 Å². The van der Waals surface area contributed by atoms with Crippen LogP contribution in [-0.4, -0.2) is 51.9 Å². The predicted molar refractivity (Wildman–Crippen MR) is 112 cm³/mol. The van der Waals surface area contributed by atoms with Crippen LogP contribution in [-0.2, 0) is 29.5 Å². The van der Waals surface area contributed by atoms with Crippen LogP contribution >= 0.6 is 0 Å². The molecule has 7 nitrogen and oxygen atoms in total. The van der Waals surface area contributed by atoms with E-state index in [9.17, 15) is 4.79 Å². The van der Waals surface area contributed by atoms with Gasteiger partial charge in [-0.2, -0.15) is 0 Å². The molecule has 1 aromatic carbocycles. The summed E-state index contributed by atoms with van der Waals surface area (Å²) in [5.74, 6) is 0. The number of amides is 1. The molecular formula is C22H30N4O3. The largest absolute Gasteiger partial charge is 0.444 e. The molecule has 2 aliphatic rings. The quantitative estimate of drug-likeness (QED) is 0.856. The summed E-state index contributed by atoms with van der Waals surface area (Å²) in [4.78, 5) is 18.7. The van der Waals surface area contributed by atoms with Gasteiger partial charge in [0.05, 0.1) is 37.4 Å². The third-order valence-corrected chi connectivity index (χ3v) is 5.40. The zero-order valence-corrected chi connectivity index (χ0v) is 17.7. The molecule has 0 bridgehead atoms. The fourth-order valence-corrected chi connectivity index (χ4v) is 3.93. The Kier molecular flexibility index (Phi) is 5.25. The summed E-state index contributed by atoms with van der Waals surface area (Å²) in [5, 5.41) is 3.67. The number of benzene rings is 1. The first kappa shape index (κ1) is 19.8. The topological polar surface area (TPSA) is 68.6 Å². The van der Waals surface area contributed by atoms with Crippen LogP contribution in [0.1, 0.15) is 38.3 Å². The molecule has 7 heteroatoms. The fourth-order valence-electron chi connectivity index (χ4n) is 3.93. The summed E-state index contributed by atoms with van der Waals surface area (Å²) in [6.45, 7) is 8.39. The molecule has 0 radical (unpaired) electrons. The lowest BCUT2D eigenvalue weighted by Gasteiger charge is -2.33. The van der Waals surface area contributed by atoms with E-state index in [0.717, 1.165) is 36.4 Å². The van der Waals surface area contributed by atoms with Gasteiger partial charge in [0.2, 0.25) is 0 Å². The van der Waals surface area contributed by atoms with Crippen molar-refractivity contribution in [3.63, 3.8) is 0 Å². The van der Waals surface area contributed by atoms with Crippen molar-refractivity contribution in [2.75, 3.05) is 25.1 Å². The maximum absolute atomic E-state index is 12.6. The second-order valence-electron chi connectivity index (χ2n) is 8.91. The van der Waals surface area contributed by atoms with Gasteiger partial charge in [-0.25, -0.2) is 9.78 Å². The molecule has 1 fully saturated rings. The molecule has 2 aliphatic heterocycles. The van der Waals surface area contributed by atoms with Crippen LogP contribution in [0.5, 0.6) is 0 Å². The van der Waals surface area contributed by atoms with Gasteiger partial charge < -0.3 is 24.3 Å². The molecule has 4 rings (SSSR count). The van der Waals surface area contributed by atoms with Gasteiger partial charge >= 0.3 is 6.09 Å². The van der Waals surface area contributed by atoms with Gasteiger partial charge in [0.25, 0.3) is 0 Å². The zero-order chi connectivity index (χ0) is 20.6. The first-order chi connectivity index (χ1) is 13.8. The second kappa shape index (κ2) is 7.71. The van der Waals surface area contributed by atoms with Crippen molar-refractivity contribution in [3.8, 4) is 11.3 Å². The number of nitrogens with one attached hydrogen (secondary N) is 1. The molecule has 2 aromatic rings. The van der Waals surface area contributed by atoms with E-state index in [1.807, 2.05) is 44.9 Å². The first-order valence-corrected chi connectivity index (χ1v) is 10.2. The molecule has 1 aromatic heterocycles. The molecule has 156 valence electrons. The highest BCUT2D eigenvalue weighted by Gasteiger charge is 2.28. The Morgan fingerprint density at radius 1 is 1.34 bits per heavy atom. The lowest BCUT2D eigenvalue weighted by atomic mass is 9.94. The number of nitrogens with zero attached hydrogens (tertiary/aromatic N) is 3. The SMILES string of the molecule is Cn1cncc1-c1cc2c(c(N[C@H]3CCOC3)c1)CN(C(=O)OC(C)(C)C)CC2. The number of aryl methyl sites for hydroxylation is 1. The van der Waals surface area contributed by atoms with Gasteiger partial charge in [-0.15, -0.1) is 0 Å². The van der Waals surface area contributed by atoms with E-state index in [2.05, 4.69) is 22.4 Å². The minimum Gasteiger partial charge on any atom is -0.444 e. The maximum Gasteiger partial charge on any atom is 0.410 e. The van der Waals surface area contributed by atoms with Crippen LogP contribution in [0.3, 0.4) is 0 Å². The van der Waals surface area contributed by atoms with Crippen molar-refractivity contribution in [3.05, 3.63) is 35.8 Å². The second-order valence-corrected chi connectivity index (χ2v) is 8.91. The molecule has 1 N–H and O–H groups in total. The van der Waals surface area contributed by atoms with E-state index in [0.29, 0.717) is 19.7 Å². The summed E-state index contributed by atoms with van der Waals surface area (Å²) in [7, 11) is 2.00. The lowest BCUT2D eigenvalue weighted by molar-refractivity contribution is 0.0224. The van der Waals surface area contributed by atoms with Crippen LogP contribution in [0.15, 0.2) is 24.7 Å². The fraction of sp³-hybridized carbons (Fsp3) is 0.545. The smallest absolute Gasteiger partial charge is 0.410 e. The minimum absolute atomic E-state index is 0.256. The Morgan fingerprint density at radius 3 is 2.83 bits per heavy atom. The molecule has 3 heterocycles. The normalized spacial score (nSPS) is 19.2. The van der Waals surface area contributed by atoms with Crippen molar-refractivity contribution in [2.45, 2.75) is 51.8 Å². The average molecular weight is 399 g/mol. The number of anilines is 1. The van der Waals surface area contributed by atoms with E-state index in [4.69, 9.17) is 9.47 Å². The summed E-state index contributed by atoms with van der Waals surface area (Å²) in [6.07, 6.45) is 5.24. The van der Waals surface area contributed by atoms with Crippen molar-refractivity contribution < 1.29 is 14.3 Å². The minimum atomic E-state index is -0.497. The highest BCUT2D eigenvalue weighted by atomic mass is 16.6. The average Bonchev–Trinajstić information content (AvgIpc) is 3.31. The van der Waals surface area contributed by atoms with Gasteiger partial charge in [0, 0.05) is 31.5 Å². The van der Waals surface area contributed by atoms with Gasteiger partial charge in [-0.05, 0) is 56.9 Å². The van der Waals surface area contributed by atoms with Gasteiger partial charge in [0.1, 0.15) is 5.60 Å². The third kappa shape index (κ3) is 4.40. The lowest BCUT2D eigenvalue weighted by Crippen LogP contribution is -2.40. The molecule has 1 atom stereocenters. The van der Waals surface area contributed by atoms with Gasteiger partial charge in [-0.3, -0.25) is 0 Å². The number of aromatic nitrogens is 2. The number of rotatable bonds is 3. The van der Waals surface area contributed by atoms with Crippen molar-refractivity contribution in [1.29, 1.82) is 0 Å². The summed E-state index contributed by atoms with van der Waals surface area (Å²) in [5.41, 5.74) is 5.22. The summed E-state index contributed by atoms with van der Waals surface area (Å²) < 4.78 is 13.2. The molecule has 29 heavy (non-hydrogen) atoms. The Bertz CT molecular complexity index is 894. The highest BCUT2D eigenvalue weighted by molar-refractivity contribution is 5.73. The third-order valence-electron chi connectivity index (χ3n) is 5.40. The number of ether oxygens (including phenoxy) is 2. The molecule has 0 saturated carbocycles. The molecule has 1 saturated heterocycles. The monoisotopic (exact) mass is 398 g/mol. The first-order valence-electron chi connectivity index (χ1n) is 10.2. The van der Waals surface area contributed by atoms with Gasteiger partial charge in [0.15, 0.2) is 0 Å². The van der Waals surface area contributed by atoms with Crippen LogP contribution in [0.4, 0.5) is 10.5 Å². The Labute approximate surface area is 172 Å². The number of fused-ring (bicyclic) bond motifs is 1. The van der Waals surface area contributed by atoms with Crippen LogP contribution < -0.4 is 5.32 Å². The standard InChI is InChI=1S/C22H30N4O3/c1-22(2,3)29-21(27)26-7-5-15-9-16(20-11-23-14-25(20)4)10-19(18(15)12-26)24-17-6-8-28-13-17/h9-11,14,17,24H,5-8,12-13H2,1-4H3/t17-/m0/s1. The Hall–Kier alpha value is -2.54. The predicted octanol–water partition coefficient (Wildman–Crippen LogP) is 3.58. The Balaban J connectivity index is 1.66. The summed E-state index contributed by atoms with van der Waals surface area (Å²) >= 11 is 0. The van der Waals surface area contributed by atoms with E-state index in [-0.39, 0.29) is 12.1 Å². The van der Waals surface area contributed by atoms with E-state index >= 15 is 0 Å².